The lowest BCUT2D eigenvalue weighted by Gasteiger charge is -2.33. The van der Waals surface area contributed by atoms with E-state index in [1.54, 1.807) is 23.9 Å². The molecule has 6 nitrogen and oxygen atoms in total. The summed E-state index contributed by atoms with van der Waals surface area (Å²) in [5.41, 5.74) is 3.88. The van der Waals surface area contributed by atoms with E-state index in [0.717, 1.165) is 48.7 Å². The largest absolute Gasteiger partial charge is 0.340 e. The Kier molecular flexibility index (Phi) is 10.5. The van der Waals surface area contributed by atoms with Gasteiger partial charge < -0.3 is 15.1 Å². The van der Waals surface area contributed by atoms with E-state index in [4.69, 9.17) is 0 Å². The number of hydrogen-bond donors (Lipinski definition) is 1. The van der Waals surface area contributed by atoms with Crippen LogP contribution in [-0.4, -0.2) is 72.9 Å². The highest BCUT2D eigenvalue weighted by atomic mass is 32.2. The molecule has 2 aliphatic heterocycles. The van der Waals surface area contributed by atoms with Crippen molar-refractivity contribution >= 4 is 29.3 Å². The van der Waals surface area contributed by atoms with Crippen LogP contribution < -0.4 is 5.32 Å². The molecule has 0 bridgehead atoms. The Bertz CT molecular complexity index is 1070. The van der Waals surface area contributed by atoms with Crippen LogP contribution in [0.1, 0.15) is 32.8 Å². The van der Waals surface area contributed by atoms with Gasteiger partial charge in [-0.25, -0.2) is 4.39 Å². The number of amides is 2. The van der Waals surface area contributed by atoms with Crippen LogP contribution in [0.5, 0.6) is 0 Å². The molecule has 36 heavy (non-hydrogen) atoms. The Morgan fingerprint density at radius 2 is 2.00 bits per heavy atom. The molecule has 2 fully saturated rings. The van der Waals surface area contributed by atoms with Crippen molar-refractivity contribution in [3.63, 3.8) is 0 Å². The molecule has 2 aliphatic rings. The minimum Gasteiger partial charge on any atom is -0.340 e. The lowest BCUT2D eigenvalue weighted by atomic mass is 9.96. The third kappa shape index (κ3) is 7.64. The molecule has 1 N–H and O–H groups in total. The van der Waals surface area contributed by atoms with Crippen molar-refractivity contribution in [1.29, 1.82) is 0 Å². The van der Waals surface area contributed by atoms with E-state index >= 15 is 0 Å². The van der Waals surface area contributed by atoms with Crippen molar-refractivity contribution < 1.29 is 14.0 Å². The number of thioether (sulfide) groups is 1. The van der Waals surface area contributed by atoms with E-state index < -0.39 is 0 Å². The van der Waals surface area contributed by atoms with E-state index in [1.165, 1.54) is 6.07 Å². The zero-order valence-electron chi connectivity index (χ0n) is 21.7. The molecule has 0 aromatic heterocycles. The van der Waals surface area contributed by atoms with Gasteiger partial charge >= 0.3 is 0 Å². The van der Waals surface area contributed by atoms with Crippen LogP contribution in [0.3, 0.4) is 0 Å². The van der Waals surface area contributed by atoms with Gasteiger partial charge in [0, 0.05) is 73.6 Å². The third-order valence-electron chi connectivity index (χ3n) is 6.40. The van der Waals surface area contributed by atoms with E-state index in [2.05, 4.69) is 22.3 Å². The van der Waals surface area contributed by atoms with Gasteiger partial charge in [0.1, 0.15) is 5.82 Å². The van der Waals surface area contributed by atoms with Crippen LogP contribution >= 0.6 is 11.8 Å². The molecule has 0 aliphatic carbocycles. The maximum atomic E-state index is 13.4. The molecule has 0 saturated carbocycles. The van der Waals surface area contributed by atoms with Gasteiger partial charge in [-0.3, -0.25) is 14.6 Å². The number of likely N-dealkylation sites (N-methyl/N-ethyl adjacent to an activating group) is 1. The first kappa shape index (κ1) is 27.9. The number of rotatable bonds is 9. The Morgan fingerprint density at radius 1 is 1.25 bits per heavy atom. The van der Waals surface area contributed by atoms with Gasteiger partial charge in [0.05, 0.1) is 5.57 Å². The van der Waals surface area contributed by atoms with Crippen LogP contribution in [0, 0.1) is 11.7 Å². The summed E-state index contributed by atoms with van der Waals surface area (Å²) in [7, 11) is 2.07. The highest BCUT2D eigenvalue weighted by Gasteiger charge is 2.28. The molecule has 2 saturated heterocycles. The Labute approximate surface area is 218 Å². The average Bonchev–Trinajstić information content (AvgIpc) is 3.16. The second kappa shape index (κ2) is 13.6. The molecule has 0 spiro atoms. The second-order valence-electron chi connectivity index (χ2n) is 9.17. The number of piperazine rings is 1. The smallest absolute Gasteiger partial charge is 0.256 e. The second-order valence-corrected chi connectivity index (χ2v) is 10.2. The van der Waals surface area contributed by atoms with Crippen molar-refractivity contribution in [3.8, 4) is 0 Å². The number of carbonyl (C=O) groups is 2. The number of allylic oxidation sites excluding steroid dienone is 3. The summed E-state index contributed by atoms with van der Waals surface area (Å²) >= 11 is 1.66. The minimum absolute atomic E-state index is 0.101. The lowest BCUT2D eigenvalue weighted by Crippen LogP contribution is -2.47. The topological polar surface area (TPSA) is 65.0 Å². The summed E-state index contributed by atoms with van der Waals surface area (Å²) < 4.78 is 13.4. The predicted octanol–water partition coefficient (Wildman–Crippen LogP) is 4.21. The fourth-order valence-corrected chi connectivity index (χ4v) is 5.10. The fourth-order valence-electron chi connectivity index (χ4n) is 4.29. The zero-order chi connectivity index (χ0) is 26.1. The molecule has 1 aromatic carbocycles. The summed E-state index contributed by atoms with van der Waals surface area (Å²) in [5, 5.41) is 2.94. The van der Waals surface area contributed by atoms with Crippen LogP contribution in [0.15, 0.2) is 64.3 Å². The molecule has 8 heteroatoms. The van der Waals surface area contributed by atoms with Crippen molar-refractivity contribution in [3.05, 3.63) is 70.7 Å². The highest BCUT2D eigenvalue weighted by Crippen LogP contribution is 2.27. The molecule has 0 radical (unpaired) electrons. The molecular formula is C28H37FN4O2S. The van der Waals surface area contributed by atoms with Gasteiger partial charge in [-0.05, 0) is 44.7 Å². The van der Waals surface area contributed by atoms with Gasteiger partial charge in [0.25, 0.3) is 5.91 Å². The Morgan fingerprint density at radius 3 is 2.67 bits per heavy atom. The first-order valence-corrected chi connectivity index (χ1v) is 13.7. The van der Waals surface area contributed by atoms with Crippen molar-refractivity contribution in [1.82, 2.24) is 15.1 Å². The first-order chi connectivity index (χ1) is 17.3. The SMILES string of the molecule is CC=C1NC(=O)C(=CC(=NCC)C(C)CC(=O)N2CCN(C)CC2)C1=CCSCc1cccc(F)c1. The number of aliphatic imine (C=N–C) groups is 1. The summed E-state index contributed by atoms with van der Waals surface area (Å²) in [6, 6.07) is 6.61. The van der Waals surface area contributed by atoms with Crippen molar-refractivity contribution in [2.75, 3.05) is 45.5 Å². The van der Waals surface area contributed by atoms with Crippen molar-refractivity contribution in [2.45, 2.75) is 32.9 Å². The van der Waals surface area contributed by atoms with Gasteiger partial charge in [0.2, 0.25) is 5.91 Å². The number of nitrogens with one attached hydrogen (secondary N) is 1. The molecule has 1 aromatic rings. The third-order valence-corrected chi connectivity index (χ3v) is 7.34. The van der Waals surface area contributed by atoms with E-state index in [9.17, 15) is 14.0 Å². The predicted molar refractivity (Wildman–Crippen MR) is 146 cm³/mol. The molecule has 3 rings (SSSR count). The number of halogens is 1. The minimum atomic E-state index is -0.235. The van der Waals surface area contributed by atoms with Gasteiger partial charge in [-0.1, -0.05) is 31.2 Å². The van der Waals surface area contributed by atoms with Crippen LogP contribution in [0.25, 0.3) is 0 Å². The molecule has 1 unspecified atom stereocenters. The standard InChI is InChI=1S/C28H37FN4O2S/c1-5-25-23(10-15-36-19-21-8-7-9-22(29)17-21)24(28(35)31-25)18-26(30-6-2)20(3)16-27(34)33-13-11-32(4)12-14-33/h5,7-10,17-18,20H,6,11-16,19H2,1-4H3,(H,31,35). The number of benzene rings is 1. The van der Waals surface area contributed by atoms with Gasteiger partial charge in [0.15, 0.2) is 0 Å². The van der Waals surface area contributed by atoms with E-state index in [-0.39, 0.29) is 23.5 Å². The molecule has 194 valence electrons. The fraction of sp³-hybridized carbons (Fsp3) is 0.464. The van der Waals surface area contributed by atoms with E-state index in [1.807, 2.05) is 50.0 Å². The lowest BCUT2D eigenvalue weighted by molar-refractivity contribution is -0.133. The van der Waals surface area contributed by atoms with Gasteiger partial charge in [-0.2, -0.15) is 11.8 Å². The summed E-state index contributed by atoms with van der Waals surface area (Å²) in [6.07, 6.45) is 6.14. The van der Waals surface area contributed by atoms with Gasteiger partial charge in [-0.15, -0.1) is 0 Å². The average molecular weight is 513 g/mol. The van der Waals surface area contributed by atoms with Crippen LogP contribution in [-0.2, 0) is 15.3 Å². The molecule has 2 heterocycles. The van der Waals surface area contributed by atoms with Crippen LogP contribution in [0.4, 0.5) is 4.39 Å². The number of hydrogen-bond acceptors (Lipinski definition) is 5. The highest BCUT2D eigenvalue weighted by molar-refractivity contribution is 7.98. The number of nitrogens with zero attached hydrogens (tertiary/aromatic N) is 3. The maximum absolute atomic E-state index is 13.4. The monoisotopic (exact) mass is 512 g/mol. The summed E-state index contributed by atoms with van der Waals surface area (Å²) in [4.78, 5) is 34.6. The maximum Gasteiger partial charge on any atom is 0.256 e. The molecule has 2 amide bonds. The Hall–Kier alpha value is -2.71. The summed E-state index contributed by atoms with van der Waals surface area (Å²) in [5.74, 6) is 0.990. The molecule has 1 atom stereocenters. The Balaban J connectivity index is 1.72. The molecular weight excluding hydrogens is 475 g/mol. The summed E-state index contributed by atoms with van der Waals surface area (Å²) in [6.45, 7) is 9.70. The van der Waals surface area contributed by atoms with Crippen molar-refractivity contribution in [2.24, 2.45) is 10.9 Å². The number of carbonyl (C=O) groups excluding carboxylic acids is 2. The normalized spacial score (nSPS) is 21.5. The van der Waals surface area contributed by atoms with E-state index in [0.29, 0.717) is 30.0 Å². The quantitative estimate of drug-likeness (QED) is 0.306. The first-order valence-electron chi connectivity index (χ1n) is 12.6. The van der Waals surface area contributed by atoms with Crippen LogP contribution in [0.2, 0.25) is 0 Å². The zero-order valence-corrected chi connectivity index (χ0v) is 22.5.